The molecule has 3 heteroatoms. The molecule has 0 radical (unpaired) electrons. The standard InChI is InChI=1S/C11H13FO2/c1-3-9(11(13)14)10-5-4-8(12)6-7(10)2/h4-6,9H,3H2,1-2H3,(H,13,14). The van der Waals surface area contributed by atoms with Gasteiger partial charge in [0.25, 0.3) is 0 Å². The van der Waals surface area contributed by atoms with E-state index in [-0.39, 0.29) is 5.82 Å². The minimum absolute atomic E-state index is 0.327. The smallest absolute Gasteiger partial charge is 0.310 e. The quantitative estimate of drug-likeness (QED) is 0.807. The molecule has 1 aromatic rings. The maximum Gasteiger partial charge on any atom is 0.310 e. The summed E-state index contributed by atoms with van der Waals surface area (Å²) in [5.41, 5.74) is 1.39. The average molecular weight is 196 g/mol. The maximum atomic E-state index is 12.8. The van der Waals surface area contributed by atoms with Crippen molar-refractivity contribution in [3.05, 3.63) is 35.1 Å². The van der Waals surface area contributed by atoms with Crippen LogP contribution in [-0.4, -0.2) is 11.1 Å². The van der Waals surface area contributed by atoms with Gasteiger partial charge < -0.3 is 5.11 Å². The van der Waals surface area contributed by atoms with Crippen LogP contribution < -0.4 is 0 Å². The van der Waals surface area contributed by atoms with Gasteiger partial charge in [-0.1, -0.05) is 13.0 Å². The molecule has 1 atom stereocenters. The van der Waals surface area contributed by atoms with E-state index in [1.165, 1.54) is 12.1 Å². The highest BCUT2D eigenvalue weighted by molar-refractivity contribution is 5.76. The minimum Gasteiger partial charge on any atom is -0.481 e. The number of benzene rings is 1. The fraction of sp³-hybridized carbons (Fsp3) is 0.364. The number of hydrogen-bond acceptors (Lipinski definition) is 1. The molecule has 0 aliphatic carbocycles. The van der Waals surface area contributed by atoms with Gasteiger partial charge in [0.1, 0.15) is 5.82 Å². The second kappa shape index (κ2) is 4.22. The normalized spacial score (nSPS) is 12.5. The van der Waals surface area contributed by atoms with Crippen molar-refractivity contribution in [3.8, 4) is 0 Å². The first-order chi connectivity index (χ1) is 6.56. The molecule has 14 heavy (non-hydrogen) atoms. The summed E-state index contributed by atoms with van der Waals surface area (Å²) in [7, 11) is 0. The summed E-state index contributed by atoms with van der Waals surface area (Å²) in [6.45, 7) is 3.53. The minimum atomic E-state index is -0.859. The summed E-state index contributed by atoms with van der Waals surface area (Å²) in [5, 5.41) is 8.93. The molecule has 1 N–H and O–H groups in total. The van der Waals surface area contributed by atoms with Crippen LogP contribution in [0.3, 0.4) is 0 Å². The van der Waals surface area contributed by atoms with Crippen molar-refractivity contribution in [1.82, 2.24) is 0 Å². The zero-order valence-corrected chi connectivity index (χ0v) is 8.25. The molecule has 0 aliphatic rings. The fourth-order valence-corrected chi connectivity index (χ4v) is 1.56. The van der Waals surface area contributed by atoms with E-state index in [9.17, 15) is 9.18 Å². The van der Waals surface area contributed by atoms with Crippen LogP contribution in [0, 0.1) is 12.7 Å². The van der Waals surface area contributed by atoms with E-state index in [0.29, 0.717) is 17.5 Å². The zero-order valence-electron chi connectivity index (χ0n) is 8.25. The molecule has 0 saturated carbocycles. The highest BCUT2D eigenvalue weighted by atomic mass is 19.1. The first-order valence-corrected chi connectivity index (χ1v) is 4.55. The molecular weight excluding hydrogens is 183 g/mol. The summed E-state index contributed by atoms with van der Waals surface area (Å²) >= 11 is 0. The Balaban J connectivity index is 3.10. The van der Waals surface area contributed by atoms with Crippen molar-refractivity contribution in [3.63, 3.8) is 0 Å². The number of hydrogen-bond donors (Lipinski definition) is 1. The predicted octanol–water partition coefficient (Wildman–Crippen LogP) is 2.71. The lowest BCUT2D eigenvalue weighted by atomic mass is 9.93. The number of aryl methyl sites for hydroxylation is 1. The van der Waals surface area contributed by atoms with E-state index in [1.807, 2.05) is 6.92 Å². The average Bonchev–Trinajstić information content (AvgIpc) is 2.09. The van der Waals surface area contributed by atoms with Crippen molar-refractivity contribution in [1.29, 1.82) is 0 Å². The zero-order chi connectivity index (χ0) is 10.7. The molecule has 0 fully saturated rings. The molecule has 76 valence electrons. The van der Waals surface area contributed by atoms with E-state index in [0.717, 1.165) is 0 Å². The van der Waals surface area contributed by atoms with Crippen LogP contribution in [0.5, 0.6) is 0 Å². The van der Waals surface area contributed by atoms with E-state index in [1.54, 1.807) is 13.0 Å². The molecular formula is C11H13FO2. The van der Waals surface area contributed by atoms with Gasteiger partial charge in [0.15, 0.2) is 0 Å². The summed E-state index contributed by atoms with van der Waals surface area (Å²) < 4.78 is 12.8. The first-order valence-electron chi connectivity index (χ1n) is 4.55. The predicted molar refractivity (Wildman–Crippen MR) is 51.8 cm³/mol. The van der Waals surface area contributed by atoms with E-state index in [2.05, 4.69) is 0 Å². The number of rotatable bonds is 3. The van der Waals surface area contributed by atoms with Gasteiger partial charge in [0.2, 0.25) is 0 Å². The van der Waals surface area contributed by atoms with Gasteiger partial charge in [0.05, 0.1) is 5.92 Å². The Kier molecular flexibility index (Phi) is 3.23. The lowest BCUT2D eigenvalue weighted by Gasteiger charge is -2.12. The molecule has 0 spiro atoms. The van der Waals surface area contributed by atoms with Crippen molar-refractivity contribution >= 4 is 5.97 Å². The third-order valence-corrected chi connectivity index (χ3v) is 2.31. The van der Waals surface area contributed by atoms with Gasteiger partial charge in [-0.25, -0.2) is 4.39 Å². The van der Waals surface area contributed by atoms with Crippen LogP contribution in [0.1, 0.15) is 30.4 Å². The summed E-state index contributed by atoms with van der Waals surface area (Å²) in [4.78, 5) is 10.9. The second-order valence-corrected chi connectivity index (χ2v) is 3.30. The largest absolute Gasteiger partial charge is 0.481 e. The van der Waals surface area contributed by atoms with E-state index < -0.39 is 11.9 Å². The van der Waals surface area contributed by atoms with Crippen LogP contribution in [0.4, 0.5) is 4.39 Å². The van der Waals surface area contributed by atoms with Crippen molar-refractivity contribution < 1.29 is 14.3 Å². The number of aliphatic carboxylic acids is 1. The Bertz CT molecular complexity index is 347. The third kappa shape index (κ3) is 2.10. The molecule has 0 saturated heterocycles. The molecule has 1 unspecified atom stereocenters. The number of carboxylic acid groups (broad SMARTS) is 1. The number of carbonyl (C=O) groups is 1. The molecule has 0 bridgehead atoms. The van der Waals surface area contributed by atoms with Crippen LogP contribution in [0.15, 0.2) is 18.2 Å². The van der Waals surface area contributed by atoms with E-state index >= 15 is 0 Å². The molecule has 0 aliphatic heterocycles. The Hall–Kier alpha value is -1.38. The lowest BCUT2D eigenvalue weighted by molar-refractivity contribution is -0.138. The van der Waals surface area contributed by atoms with Gasteiger partial charge in [0, 0.05) is 0 Å². The molecule has 2 nitrogen and oxygen atoms in total. The Morgan fingerprint density at radius 1 is 1.57 bits per heavy atom. The lowest BCUT2D eigenvalue weighted by Crippen LogP contribution is -2.11. The third-order valence-electron chi connectivity index (χ3n) is 2.31. The Morgan fingerprint density at radius 3 is 2.64 bits per heavy atom. The fourth-order valence-electron chi connectivity index (χ4n) is 1.56. The topological polar surface area (TPSA) is 37.3 Å². The number of carboxylic acids is 1. The van der Waals surface area contributed by atoms with Gasteiger partial charge in [-0.3, -0.25) is 4.79 Å². The second-order valence-electron chi connectivity index (χ2n) is 3.30. The Morgan fingerprint density at radius 2 is 2.21 bits per heavy atom. The molecule has 0 aromatic heterocycles. The van der Waals surface area contributed by atoms with Crippen LogP contribution in [0.25, 0.3) is 0 Å². The number of halogens is 1. The maximum absolute atomic E-state index is 12.8. The van der Waals surface area contributed by atoms with Gasteiger partial charge in [-0.2, -0.15) is 0 Å². The molecule has 1 rings (SSSR count). The first kappa shape index (κ1) is 10.7. The van der Waals surface area contributed by atoms with Crippen molar-refractivity contribution in [2.24, 2.45) is 0 Å². The molecule has 1 aromatic carbocycles. The summed E-state index contributed by atoms with van der Waals surface area (Å²) in [6.07, 6.45) is 0.516. The SMILES string of the molecule is CCC(C(=O)O)c1ccc(F)cc1C. The van der Waals surface area contributed by atoms with Gasteiger partial charge in [-0.05, 0) is 36.6 Å². The van der Waals surface area contributed by atoms with Gasteiger partial charge >= 0.3 is 5.97 Å². The van der Waals surface area contributed by atoms with Crippen LogP contribution in [0.2, 0.25) is 0 Å². The Labute approximate surface area is 82.4 Å². The summed E-state index contributed by atoms with van der Waals surface area (Å²) in [5.74, 6) is -1.72. The van der Waals surface area contributed by atoms with Crippen LogP contribution >= 0.6 is 0 Å². The molecule has 0 heterocycles. The van der Waals surface area contributed by atoms with Crippen molar-refractivity contribution in [2.45, 2.75) is 26.2 Å². The van der Waals surface area contributed by atoms with Crippen LogP contribution in [-0.2, 0) is 4.79 Å². The van der Waals surface area contributed by atoms with E-state index in [4.69, 9.17) is 5.11 Å². The highest BCUT2D eigenvalue weighted by Gasteiger charge is 2.19. The van der Waals surface area contributed by atoms with Gasteiger partial charge in [-0.15, -0.1) is 0 Å². The van der Waals surface area contributed by atoms with Crippen molar-refractivity contribution in [2.75, 3.05) is 0 Å². The monoisotopic (exact) mass is 196 g/mol. The highest BCUT2D eigenvalue weighted by Crippen LogP contribution is 2.23. The summed E-state index contributed by atoms with van der Waals surface area (Å²) in [6, 6.07) is 4.21. The molecule has 0 amide bonds.